The highest BCUT2D eigenvalue weighted by molar-refractivity contribution is 7.09. The molecule has 78 valence electrons. The molecule has 0 radical (unpaired) electrons. The minimum Gasteiger partial charge on any atom is -0.409 e. The number of amidine groups is 1. The summed E-state index contributed by atoms with van der Waals surface area (Å²) in [6, 6.07) is 4.06. The molecule has 0 saturated carbocycles. The van der Waals surface area contributed by atoms with Gasteiger partial charge in [-0.25, -0.2) is 0 Å². The van der Waals surface area contributed by atoms with E-state index in [9.17, 15) is 0 Å². The Balaban J connectivity index is 2.22. The molecular formula is C9H14N2O2S. The molecule has 1 aromatic heterocycles. The molecule has 5 heteroatoms. The van der Waals surface area contributed by atoms with Crippen molar-refractivity contribution in [1.82, 2.24) is 0 Å². The number of nitrogens with two attached hydrogens (primary N) is 1. The van der Waals surface area contributed by atoms with E-state index in [2.05, 4.69) is 11.2 Å². The van der Waals surface area contributed by atoms with Crippen molar-refractivity contribution in [2.75, 3.05) is 6.61 Å². The second-order valence-corrected chi connectivity index (χ2v) is 3.90. The molecule has 1 rings (SSSR count). The van der Waals surface area contributed by atoms with Crippen LogP contribution in [0.5, 0.6) is 0 Å². The first-order valence-corrected chi connectivity index (χ1v) is 5.23. The molecule has 14 heavy (non-hydrogen) atoms. The third-order valence-electron chi connectivity index (χ3n) is 1.83. The van der Waals surface area contributed by atoms with E-state index in [1.54, 1.807) is 18.3 Å². The van der Waals surface area contributed by atoms with E-state index >= 15 is 0 Å². The van der Waals surface area contributed by atoms with Gasteiger partial charge in [-0.15, -0.1) is 11.3 Å². The zero-order valence-electron chi connectivity index (χ0n) is 8.01. The van der Waals surface area contributed by atoms with Crippen LogP contribution in [-0.4, -0.2) is 23.8 Å². The van der Waals surface area contributed by atoms with E-state index in [1.165, 1.54) is 4.88 Å². The summed E-state index contributed by atoms with van der Waals surface area (Å²) in [5.41, 5.74) is 5.35. The van der Waals surface area contributed by atoms with Crippen molar-refractivity contribution in [3.05, 3.63) is 22.4 Å². The lowest BCUT2D eigenvalue weighted by molar-refractivity contribution is 0.109. The van der Waals surface area contributed by atoms with Gasteiger partial charge >= 0.3 is 0 Å². The van der Waals surface area contributed by atoms with Crippen molar-refractivity contribution in [1.29, 1.82) is 0 Å². The maximum absolute atomic E-state index is 8.37. The Morgan fingerprint density at radius 3 is 3.14 bits per heavy atom. The topological polar surface area (TPSA) is 67.8 Å². The first-order chi connectivity index (χ1) is 6.74. The number of nitrogens with zero attached hydrogens (tertiary/aromatic N) is 1. The first-order valence-electron chi connectivity index (χ1n) is 4.35. The quantitative estimate of drug-likeness (QED) is 0.337. The normalized spacial score (nSPS) is 14.2. The molecule has 0 spiro atoms. The standard InChI is InChI=1S/C9H14N2O2S/c1-7(9(10)11-12)13-5-4-8-3-2-6-14-8/h2-3,6-7,12H,4-5H2,1H3,(H2,10,11). The number of hydrogen-bond donors (Lipinski definition) is 2. The van der Waals surface area contributed by atoms with Crippen LogP contribution < -0.4 is 5.73 Å². The van der Waals surface area contributed by atoms with Gasteiger partial charge in [-0.2, -0.15) is 0 Å². The van der Waals surface area contributed by atoms with Gasteiger partial charge in [-0.1, -0.05) is 11.2 Å². The maximum Gasteiger partial charge on any atom is 0.168 e. The molecule has 0 bridgehead atoms. The average molecular weight is 214 g/mol. The van der Waals surface area contributed by atoms with Crippen LogP contribution in [0.2, 0.25) is 0 Å². The van der Waals surface area contributed by atoms with E-state index in [4.69, 9.17) is 15.7 Å². The van der Waals surface area contributed by atoms with Crippen molar-refractivity contribution in [2.45, 2.75) is 19.4 Å². The lowest BCUT2D eigenvalue weighted by Crippen LogP contribution is -2.29. The molecule has 0 aliphatic rings. The fraction of sp³-hybridized carbons (Fsp3) is 0.444. The zero-order valence-corrected chi connectivity index (χ0v) is 8.83. The maximum atomic E-state index is 8.37. The van der Waals surface area contributed by atoms with Gasteiger partial charge in [0.15, 0.2) is 5.84 Å². The highest BCUT2D eigenvalue weighted by Gasteiger charge is 2.07. The van der Waals surface area contributed by atoms with Gasteiger partial charge in [0.05, 0.1) is 6.61 Å². The Morgan fingerprint density at radius 1 is 1.79 bits per heavy atom. The SMILES string of the molecule is CC(OCCc1cccs1)C(N)=NO. The Bertz CT molecular complexity index is 285. The summed E-state index contributed by atoms with van der Waals surface area (Å²) in [5.74, 6) is 0.108. The Hall–Kier alpha value is -1.07. The molecule has 0 amide bonds. The monoisotopic (exact) mass is 214 g/mol. The Labute approximate surface area is 87.0 Å². The van der Waals surface area contributed by atoms with Crippen molar-refractivity contribution in [2.24, 2.45) is 10.9 Å². The minimum atomic E-state index is -0.333. The highest BCUT2D eigenvalue weighted by atomic mass is 32.1. The number of thiophene rings is 1. The van der Waals surface area contributed by atoms with Gasteiger partial charge in [0.25, 0.3) is 0 Å². The summed E-state index contributed by atoms with van der Waals surface area (Å²) in [7, 11) is 0. The van der Waals surface area contributed by atoms with Crippen LogP contribution in [-0.2, 0) is 11.2 Å². The molecule has 1 heterocycles. The van der Waals surface area contributed by atoms with Crippen molar-refractivity contribution >= 4 is 17.2 Å². The van der Waals surface area contributed by atoms with Crippen LogP contribution in [0.4, 0.5) is 0 Å². The molecule has 1 atom stereocenters. The van der Waals surface area contributed by atoms with Gasteiger partial charge < -0.3 is 15.7 Å². The molecular weight excluding hydrogens is 200 g/mol. The van der Waals surface area contributed by atoms with Crippen molar-refractivity contribution < 1.29 is 9.94 Å². The van der Waals surface area contributed by atoms with Crippen LogP contribution in [0.25, 0.3) is 0 Å². The van der Waals surface area contributed by atoms with Crippen LogP contribution in [0.3, 0.4) is 0 Å². The summed E-state index contributed by atoms with van der Waals surface area (Å²) in [4.78, 5) is 1.27. The number of oxime groups is 1. The van der Waals surface area contributed by atoms with Gasteiger partial charge in [-0.05, 0) is 18.4 Å². The minimum absolute atomic E-state index is 0.108. The third kappa shape index (κ3) is 3.35. The molecule has 0 aliphatic carbocycles. The summed E-state index contributed by atoms with van der Waals surface area (Å²) in [6.07, 6.45) is 0.528. The van der Waals surface area contributed by atoms with Crippen LogP contribution in [0.1, 0.15) is 11.8 Å². The van der Waals surface area contributed by atoms with Gasteiger partial charge in [0.1, 0.15) is 6.10 Å². The summed E-state index contributed by atoms with van der Waals surface area (Å²) >= 11 is 1.70. The number of rotatable bonds is 5. The molecule has 0 fully saturated rings. The first kappa shape index (κ1) is 11.0. The predicted octanol–water partition coefficient (Wildman–Crippen LogP) is 1.44. The van der Waals surface area contributed by atoms with Gasteiger partial charge in [0.2, 0.25) is 0 Å². The fourth-order valence-corrected chi connectivity index (χ4v) is 1.65. The lowest BCUT2D eigenvalue weighted by Gasteiger charge is -2.10. The Morgan fingerprint density at radius 2 is 2.57 bits per heavy atom. The average Bonchev–Trinajstić information content (AvgIpc) is 2.69. The fourth-order valence-electron chi connectivity index (χ4n) is 0.958. The highest BCUT2D eigenvalue weighted by Crippen LogP contribution is 2.09. The zero-order chi connectivity index (χ0) is 10.4. The molecule has 1 unspecified atom stereocenters. The van der Waals surface area contributed by atoms with Crippen LogP contribution >= 0.6 is 11.3 Å². The largest absolute Gasteiger partial charge is 0.409 e. The van der Waals surface area contributed by atoms with E-state index in [0.717, 1.165) is 6.42 Å². The Kier molecular flexibility index (Phi) is 4.42. The van der Waals surface area contributed by atoms with E-state index in [1.807, 2.05) is 11.4 Å². The predicted molar refractivity (Wildman–Crippen MR) is 56.8 cm³/mol. The third-order valence-corrected chi connectivity index (χ3v) is 2.76. The smallest absolute Gasteiger partial charge is 0.168 e. The molecule has 0 aliphatic heterocycles. The molecule has 0 aromatic carbocycles. The lowest BCUT2D eigenvalue weighted by atomic mass is 10.3. The summed E-state index contributed by atoms with van der Waals surface area (Å²) in [5, 5.41) is 13.3. The second-order valence-electron chi connectivity index (χ2n) is 2.87. The van der Waals surface area contributed by atoms with Crippen molar-refractivity contribution in [3.63, 3.8) is 0 Å². The number of ether oxygens (including phenoxy) is 1. The van der Waals surface area contributed by atoms with Crippen LogP contribution in [0.15, 0.2) is 22.7 Å². The van der Waals surface area contributed by atoms with E-state index < -0.39 is 0 Å². The second kappa shape index (κ2) is 5.62. The molecule has 3 N–H and O–H groups in total. The van der Waals surface area contributed by atoms with E-state index in [0.29, 0.717) is 6.61 Å². The van der Waals surface area contributed by atoms with E-state index in [-0.39, 0.29) is 11.9 Å². The molecule has 4 nitrogen and oxygen atoms in total. The molecule has 1 aromatic rings. The van der Waals surface area contributed by atoms with Gasteiger partial charge in [-0.3, -0.25) is 0 Å². The van der Waals surface area contributed by atoms with Gasteiger partial charge in [0, 0.05) is 11.3 Å². The summed E-state index contributed by atoms with van der Waals surface area (Å²) < 4.78 is 5.36. The molecule has 0 saturated heterocycles. The van der Waals surface area contributed by atoms with Crippen molar-refractivity contribution in [3.8, 4) is 0 Å². The van der Waals surface area contributed by atoms with Crippen LogP contribution in [0, 0.1) is 0 Å². The summed E-state index contributed by atoms with van der Waals surface area (Å²) in [6.45, 7) is 2.33. The number of hydrogen-bond acceptors (Lipinski definition) is 4.